The molecule has 5 nitrogen and oxygen atoms in total. The molecule has 0 saturated carbocycles. The fourth-order valence-electron chi connectivity index (χ4n) is 2.30. The zero-order valence-corrected chi connectivity index (χ0v) is 13.1. The number of ether oxygens (including phenoxy) is 1. The predicted molar refractivity (Wildman–Crippen MR) is 89.9 cm³/mol. The Labute approximate surface area is 139 Å². The highest BCUT2D eigenvalue weighted by atomic mass is 16.5. The van der Waals surface area contributed by atoms with E-state index in [9.17, 15) is 4.79 Å². The standard InChI is InChI=1S/C19H16N2O3/c1-13-17(19(22)23)11-20-18(21-13)15-7-5-6-14(10-15)12-24-16-8-3-2-4-9-16/h2-11H,12H2,1H3,(H,22,23). The summed E-state index contributed by atoms with van der Waals surface area (Å²) < 4.78 is 5.74. The van der Waals surface area contributed by atoms with Gasteiger partial charge in [0.05, 0.1) is 11.3 Å². The van der Waals surface area contributed by atoms with Crippen LogP contribution in [0.15, 0.2) is 60.8 Å². The third-order valence-electron chi connectivity index (χ3n) is 3.54. The number of rotatable bonds is 5. The van der Waals surface area contributed by atoms with Crippen LogP contribution in [0.2, 0.25) is 0 Å². The van der Waals surface area contributed by atoms with Crippen LogP contribution in [-0.4, -0.2) is 21.0 Å². The van der Waals surface area contributed by atoms with Crippen LogP contribution in [0.4, 0.5) is 0 Å². The van der Waals surface area contributed by atoms with Crippen molar-refractivity contribution >= 4 is 5.97 Å². The first-order chi connectivity index (χ1) is 11.6. The summed E-state index contributed by atoms with van der Waals surface area (Å²) in [5.74, 6) is 0.281. The molecule has 0 aliphatic rings. The van der Waals surface area contributed by atoms with Crippen molar-refractivity contribution in [2.75, 3.05) is 0 Å². The summed E-state index contributed by atoms with van der Waals surface area (Å²) in [7, 11) is 0. The van der Waals surface area contributed by atoms with E-state index in [-0.39, 0.29) is 5.56 Å². The van der Waals surface area contributed by atoms with Gasteiger partial charge in [-0.3, -0.25) is 0 Å². The van der Waals surface area contributed by atoms with Gasteiger partial charge in [0.1, 0.15) is 12.4 Å². The number of aromatic nitrogens is 2. The Hall–Kier alpha value is -3.21. The Morgan fingerprint density at radius 3 is 2.62 bits per heavy atom. The Morgan fingerprint density at radius 1 is 1.12 bits per heavy atom. The number of hydrogen-bond donors (Lipinski definition) is 1. The Morgan fingerprint density at radius 2 is 1.92 bits per heavy atom. The van der Waals surface area contributed by atoms with Gasteiger partial charge in [0.15, 0.2) is 5.82 Å². The summed E-state index contributed by atoms with van der Waals surface area (Å²) in [6.45, 7) is 2.10. The molecule has 0 bridgehead atoms. The van der Waals surface area contributed by atoms with E-state index >= 15 is 0 Å². The van der Waals surface area contributed by atoms with Crippen LogP contribution < -0.4 is 4.74 Å². The number of carbonyl (C=O) groups is 1. The van der Waals surface area contributed by atoms with Gasteiger partial charge in [-0.05, 0) is 30.7 Å². The average Bonchev–Trinajstić information content (AvgIpc) is 2.61. The summed E-state index contributed by atoms with van der Waals surface area (Å²) in [6.07, 6.45) is 1.34. The van der Waals surface area contributed by atoms with E-state index in [0.29, 0.717) is 18.1 Å². The molecule has 0 fully saturated rings. The third-order valence-corrected chi connectivity index (χ3v) is 3.54. The topological polar surface area (TPSA) is 72.3 Å². The van der Waals surface area contributed by atoms with E-state index in [1.807, 2.05) is 54.6 Å². The summed E-state index contributed by atoms with van der Waals surface area (Å²) in [4.78, 5) is 19.5. The molecule has 120 valence electrons. The quantitative estimate of drug-likeness (QED) is 0.775. The van der Waals surface area contributed by atoms with E-state index < -0.39 is 5.97 Å². The SMILES string of the molecule is Cc1nc(-c2cccc(COc3ccccc3)c2)ncc1C(=O)O. The highest BCUT2D eigenvalue weighted by Gasteiger charge is 2.11. The van der Waals surface area contributed by atoms with Crippen LogP contribution in [0.25, 0.3) is 11.4 Å². The third kappa shape index (κ3) is 3.57. The zero-order chi connectivity index (χ0) is 16.9. The Balaban J connectivity index is 1.80. The molecule has 0 amide bonds. The van der Waals surface area contributed by atoms with E-state index in [1.54, 1.807) is 6.92 Å². The van der Waals surface area contributed by atoms with Crippen molar-refractivity contribution in [1.29, 1.82) is 0 Å². The number of aryl methyl sites for hydroxylation is 1. The van der Waals surface area contributed by atoms with E-state index in [4.69, 9.17) is 9.84 Å². The first kappa shape index (κ1) is 15.7. The minimum absolute atomic E-state index is 0.113. The molecule has 1 aromatic heterocycles. The lowest BCUT2D eigenvalue weighted by atomic mass is 10.1. The van der Waals surface area contributed by atoms with Gasteiger partial charge in [-0.15, -0.1) is 0 Å². The fourth-order valence-corrected chi connectivity index (χ4v) is 2.30. The monoisotopic (exact) mass is 320 g/mol. The van der Waals surface area contributed by atoms with Gasteiger partial charge >= 0.3 is 5.97 Å². The Bertz CT molecular complexity index is 863. The molecule has 1 N–H and O–H groups in total. The molecular weight excluding hydrogens is 304 g/mol. The highest BCUT2D eigenvalue weighted by Crippen LogP contribution is 2.19. The molecule has 3 aromatic rings. The number of carboxylic acids is 1. The van der Waals surface area contributed by atoms with E-state index in [0.717, 1.165) is 16.9 Å². The number of aromatic carboxylic acids is 1. The van der Waals surface area contributed by atoms with Gasteiger partial charge in [-0.2, -0.15) is 0 Å². The number of carboxylic acid groups (broad SMARTS) is 1. The van der Waals surface area contributed by atoms with Crippen molar-refractivity contribution in [2.45, 2.75) is 13.5 Å². The largest absolute Gasteiger partial charge is 0.489 e. The van der Waals surface area contributed by atoms with E-state index in [2.05, 4.69) is 9.97 Å². The second-order valence-electron chi connectivity index (χ2n) is 5.30. The smallest absolute Gasteiger partial charge is 0.339 e. The van der Waals surface area contributed by atoms with Crippen LogP contribution in [0, 0.1) is 6.92 Å². The normalized spacial score (nSPS) is 10.4. The second-order valence-corrected chi connectivity index (χ2v) is 5.30. The first-order valence-corrected chi connectivity index (χ1v) is 7.47. The van der Waals surface area contributed by atoms with Crippen molar-refractivity contribution < 1.29 is 14.6 Å². The van der Waals surface area contributed by atoms with Crippen molar-refractivity contribution in [1.82, 2.24) is 9.97 Å². The summed E-state index contributed by atoms with van der Waals surface area (Å²) in [5.41, 5.74) is 2.37. The van der Waals surface area contributed by atoms with Crippen molar-refractivity contribution in [3.63, 3.8) is 0 Å². The van der Waals surface area contributed by atoms with Crippen molar-refractivity contribution in [3.05, 3.63) is 77.6 Å². The molecule has 0 saturated heterocycles. The number of hydrogen-bond acceptors (Lipinski definition) is 4. The van der Waals surface area contributed by atoms with Gasteiger partial charge in [0, 0.05) is 11.8 Å². The maximum atomic E-state index is 11.0. The average molecular weight is 320 g/mol. The Kier molecular flexibility index (Phi) is 4.52. The van der Waals surface area contributed by atoms with Crippen LogP contribution in [0.1, 0.15) is 21.6 Å². The number of nitrogens with zero attached hydrogens (tertiary/aromatic N) is 2. The van der Waals surface area contributed by atoms with Crippen molar-refractivity contribution in [2.24, 2.45) is 0 Å². The predicted octanol–water partition coefficient (Wildman–Crippen LogP) is 3.73. The van der Waals surface area contributed by atoms with Gasteiger partial charge < -0.3 is 9.84 Å². The summed E-state index contributed by atoms with van der Waals surface area (Å²) in [6, 6.07) is 17.3. The summed E-state index contributed by atoms with van der Waals surface area (Å²) >= 11 is 0. The number of para-hydroxylation sites is 1. The molecule has 0 aliphatic carbocycles. The maximum Gasteiger partial charge on any atom is 0.339 e. The molecule has 5 heteroatoms. The molecule has 0 atom stereocenters. The van der Waals surface area contributed by atoms with Crippen LogP contribution in [0.5, 0.6) is 5.75 Å². The molecule has 24 heavy (non-hydrogen) atoms. The molecule has 0 radical (unpaired) electrons. The molecule has 3 rings (SSSR count). The lowest BCUT2D eigenvalue weighted by Gasteiger charge is -2.08. The lowest BCUT2D eigenvalue weighted by molar-refractivity contribution is 0.0695. The zero-order valence-electron chi connectivity index (χ0n) is 13.1. The maximum absolute atomic E-state index is 11.0. The minimum Gasteiger partial charge on any atom is -0.489 e. The summed E-state index contributed by atoms with van der Waals surface area (Å²) in [5, 5.41) is 9.05. The first-order valence-electron chi connectivity index (χ1n) is 7.47. The molecular formula is C19H16N2O3. The highest BCUT2D eigenvalue weighted by molar-refractivity contribution is 5.88. The minimum atomic E-state index is -1.02. The van der Waals surface area contributed by atoms with Gasteiger partial charge in [-0.1, -0.05) is 36.4 Å². The van der Waals surface area contributed by atoms with Gasteiger partial charge in [0.25, 0.3) is 0 Å². The molecule has 0 aliphatic heterocycles. The lowest BCUT2D eigenvalue weighted by Crippen LogP contribution is -2.04. The van der Waals surface area contributed by atoms with Crippen LogP contribution >= 0.6 is 0 Å². The van der Waals surface area contributed by atoms with Crippen LogP contribution in [0.3, 0.4) is 0 Å². The molecule has 1 heterocycles. The molecule has 2 aromatic carbocycles. The van der Waals surface area contributed by atoms with Gasteiger partial charge in [0.2, 0.25) is 0 Å². The number of benzene rings is 2. The van der Waals surface area contributed by atoms with Crippen LogP contribution in [-0.2, 0) is 6.61 Å². The van der Waals surface area contributed by atoms with Gasteiger partial charge in [-0.25, -0.2) is 14.8 Å². The second kappa shape index (κ2) is 6.91. The van der Waals surface area contributed by atoms with E-state index in [1.165, 1.54) is 6.20 Å². The molecule has 0 unspecified atom stereocenters. The van der Waals surface area contributed by atoms with Crippen molar-refractivity contribution in [3.8, 4) is 17.1 Å². The molecule has 0 spiro atoms. The fraction of sp³-hybridized carbons (Fsp3) is 0.105.